The maximum Gasteiger partial charge on any atom is 0.272 e. The fraction of sp³-hybridized carbons (Fsp3) is 0.524. The number of carbonyl (C=O) groups excluding carboxylic acids is 2. The Kier molecular flexibility index (Phi) is 3.81. The summed E-state index contributed by atoms with van der Waals surface area (Å²) < 4.78 is 0. The summed E-state index contributed by atoms with van der Waals surface area (Å²) in [4.78, 5) is 33.2. The van der Waals surface area contributed by atoms with Crippen LogP contribution in [0.1, 0.15) is 47.3 Å². The molecule has 2 aliphatic carbocycles. The average Bonchev–Trinajstić information content (AvgIpc) is 3.43. The predicted molar refractivity (Wildman–Crippen MR) is 99.9 cm³/mol. The van der Waals surface area contributed by atoms with Crippen LogP contribution >= 0.6 is 0 Å². The van der Waals surface area contributed by atoms with Crippen LogP contribution in [0.2, 0.25) is 0 Å². The van der Waals surface area contributed by atoms with Crippen molar-refractivity contribution in [1.82, 2.24) is 14.8 Å². The van der Waals surface area contributed by atoms with E-state index in [9.17, 15) is 20.0 Å². The van der Waals surface area contributed by atoms with E-state index in [-0.39, 0.29) is 23.7 Å². The smallest absolute Gasteiger partial charge is 0.272 e. The summed E-state index contributed by atoms with van der Waals surface area (Å²) in [5, 5.41) is 19.1. The van der Waals surface area contributed by atoms with Gasteiger partial charge in [-0.1, -0.05) is 0 Å². The van der Waals surface area contributed by atoms with Gasteiger partial charge in [-0.15, -0.1) is 0 Å². The number of aromatic nitrogens is 1. The number of rotatable bonds is 2. The number of nitriles is 1. The third kappa shape index (κ3) is 2.71. The van der Waals surface area contributed by atoms with E-state index >= 15 is 0 Å². The first-order valence-corrected chi connectivity index (χ1v) is 9.89. The maximum absolute atomic E-state index is 12.6. The molecule has 1 N–H and O–H groups in total. The van der Waals surface area contributed by atoms with Gasteiger partial charge in [-0.3, -0.25) is 14.6 Å². The van der Waals surface area contributed by atoms with Crippen LogP contribution in [0.3, 0.4) is 0 Å². The van der Waals surface area contributed by atoms with Crippen LogP contribution < -0.4 is 0 Å². The van der Waals surface area contributed by atoms with Crippen molar-refractivity contribution in [3.8, 4) is 6.07 Å². The van der Waals surface area contributed by atoms with Crippen molar-refractivity contribution in [3.63, 3.8) is 0 Å². The number of β-amino-alcohol motifs (C(OH)–C–C–N with tert-alkyl or cyclic N) is 1. The second kappa shape index (κ2) is 6.14. The van der Waals surface area contributed by atoms with Gasteiger partial charge in [-0.2, -0.15) is 5.26 Å². The molecule has 28 heavy (non-hydrogen) atoms. The lowest BCUT2D eigenvalue weighted by molar-refractivity contribution is -0.114. The van der Waals surface area contributed by atoms with Crippen molar-refractivity contribution in [2.24, 2.45) is 5.41 Å². The fourth-order valence-electron chi connectivity index (χ4n) is 4.60. The van der Waals surface area contributed by atoms with Crippen molar-refractivity contribution in [2.45, 2.75) is 38.2 Å². The lowest BCUT2D eigenvalue weighted by Crippen LogP contribution is -2.53. The number of nitrogens with zero attached hydrogens (tertiary/aromatic N) is 4. The number of amides is 1. The topological polar surface area (TPSA) is 97.5 Å². The van der Waals surface area contributed by atoms with Gasteiger partial charge in [-0.25, -0.2) is 0 Å². The molecule has 3 fully saturated rings. The number of aliphatic hydroxyl groups is 1. The highest BCUT2D eigenvalue weighted by molar-refractivity contribution is 6.10. The number of aliphatic hydroxyl groups excluding tert-OH is 1. The molecule has 144 valence electrons. The molecule has 1 saturated carbocycles. The van der Waals surface area contributed by atoms with E-state index in [0.29, 0.717) is 29.9 Å². The SMILES string of the molecule is N#CC1=C(N2CCC3(CC2)CC3)c2cc(C(=O)N3CC(O)C3)ncc2CC1=O. The summed E-state index contributed by atoms with van der Waals surface area (Å²) in [5.74, 6) is -0.401. The quantitative estimate of drug-likeness (QED) is 0.829. The van der Waals surface area contributed by atoms with E-state index in [0.717, 1.165) is 37.1 Å². The molecule has 0 radical (unpaired) electrons. The van der Waals surface area contributed by atoms with E-state index in [1.165, 1.54) is 12.8 Å². The minimum Gasteiger partial charge on any atom is -0.389 e. The third-order valence-electron chi connectivity index (χ3n) is 6.69. The van der Waals surface area contributed by atoms with Gasteiger partial charge in [0.15, 0.2) is 5.78 Å². The molecule has 5 rings (SSSR count). The first-order chi connectivity index (χ1) is 13.5. The number of fused-ring (bicyclic) bond motifs is 1. The number of piperidine rings is 1. The molecule has 7 nitrogen and oxygen atoms in total. The molecular weight excluding hydrogens is 356 g/mol. The zero-order valence-corrected chi connectivity index (χ0v) is 15.6. The van der Waals surface area contributed by atoms with Crippen LogP contribution in [0.4, 0.5) is 0 Å². The Morgan fingerprint density at radius 1 is 1.25 bits per heavy atom. The van der Waals surface area contributed by atoms with E-state index in [2.05, 4.69) is 16.0 Å². The van der Waals surface area contributed by atoms with Crippen LogP contribution in [-0.4, -0.2) is 63.9 Å². The summed E-state index contributed by atoms with van der Waals surface area (Å²) in [6, 6.07) is 3.84. The zero-order valence-electron chi connectivity index (χ0n) is 15.6. The highest BCUT2D eigenvalue weighted by Gasteiger charge is 2.45. The van der Waals surface area contributed by atoms with Gasteiger partial charge in [0.05, 0.1) is 11.8 Å². The van der Waals surface area contributed by atoms with Crippen molar-refractivity contribution in [3.05, 3.63) is 34.7 Å². The van der Waals surface area contributed by atoms with Crippen LogP contribution in [-0.2, 0) is 11.2 Å². The Morgan fingerprint density at radius 2 is 1.96 bits per heavy atom. The Balaban J connectivity index is 1.51. The van der Waals surface area contributed by atoms with Crippen LogP contribution in [0.25, 0.3) is 5.70 Å². The summed E-state index contributed by atoms with van der Waals surface area (Å²) in [6.45, 7) is 2.29. The summed E-state index contributed by atoms with van der Waals surface area (Å²) in [5.41, 5.74) is 3.20. The molecule has 3 heterocycles. The summed E-state index contributed by atoms with van der Waals surface area (Å²) >= 11 is 0. The van der Waals surface area contributed by atoms with Gasteiger partial charge in [0.1, 0.15) is 17.3 Å². The minimum atomic E-state index is -0.469. The Bertz CT molecular complexity index is 941. The van der Waals surface area contributed by atoms with Gasteiger partial charge in [0.2, 0.25) is 0 Å². The minimum absolute atomic E-state index is 0.142. The van der Waals surface area contributed by atoms with E-state index in [1.807, 2.05) is 0 Å². The molecule has 0 unspecified atom stereocenters. The Labute approximate surface area is 163 Å². The molecule has 1 spiro atoms. The largest absolute Gasteiger partial charge is 0.389 e. The number of Topliss-reactive ketones (excluding diaryl/α,β-unsaturated/α-hetero) is 1. The van der Waals surface area contributed by atoms with Gasteiger partial charge >= 0.3 is 0 Å². The van der Waals surface area contributed by atoms with Crippen molar-refractivity contribution >= 4 is 17.4 Å². The van der Waals surface area contributed by atoms with Crippen molar-refractivity contribution in [1.29, 1.82) is 5.26 Å². The van der Waals surface area contributed by atoms with E-state index < -0.39 is 6.10 Å². The summed E-state index contributed by atoms with van der Waals surface area (Å²) in [6.07, 6.45) is 6.00. The Morgan fingerprint density at radius 3 is 2.57 bits per heavy atom. The van der Waals surface area contributed by atoms with Gasteiger partial charge < -0.3 is 14.9 Å². The number of allylic oxidation sites excluding steroid dienone is 1. The van der Waals surface area contributed by atoms with Gasteiger partial charge in [-0.05, 0) is 42.7 Å². The first-order valence-electron chi connectivity index (χ1n) is 9.89. The van der Waals surface area contributed by atoms with Crippen LogP contribution in [0, 0.1) is 16.7 Å². The van der Waals surface area contributed by atoms with Crippen LogP contribution in [0.15, 0.2) is 17.8 Å². The van der Waals surface area contributed by atoms with Gasteiger partial charge in [0, 0.05) is 44.4 Å². The van der Waals surface area contributed by atoms with E-state index in [4.69, 9.17) is 0 Å². The predicted octanol–water partition coefficient (Wildman–Crippen LogP) is 1.13. The molecule has 7 heteroatoms. The second-order valence-corrected chi connectivity index (χ2v) is 8.51. The molecule has 0 atom stereocenters. The maximum atomic E-state index is 12.6. The summed E-state index contributed by atoms with van der Waals surface area (Å²) in [7, 11) is 0. The highest BCUT2D eigenvalue weighted by Crippen LogP contribution is 2.54. The monoisotopic (exact) mass is 378 g/mol. The molecule has 2 saturated heterocycles. The molecule has 0 bridgehead atoms. The number of pyridine rings is 1. The number of hydrogen-bond donors (Lipinski definition) is 1. The Hall–Kier alpha value is -2.72. The number of carbonyl (C=O) groups is 2. The highest BCUT2D eigenvalue weighted by atomic mass is 16.3. The molecular formula is C21H22N4O3. The molecule has 1 aromatic rings. The van der Waals surface area contributed by atoms with Gasteiger partial charge in [0.25, 0.3) is 5.91 Å². The fourth-order valence-corrected chi connectivity index (χ4v) is 4.60. The molecule has 0 aromatic carbocycles. The molecule has 2 aliphatic heterocycles. The number of hydrogen-bond acceptors (Lipinski definition) is 6. The van der Waals surface area contributed by atoms with Crippen LogP contribution in [0.5, 0.6) is 0 Å². The van der Waals surface area contributed by atoms with Crippen molar-refractivity contribution < 1.29 is 14.7 Å². The number of ketones is 1. The average molecular weight is 378 g/mol. The standard InChI is InChI=1S/C21H22N4O3/c22-9-16-18(27)7-13-10-23-17(20(28)25-11-14(26)12-25)8-15(13)19(16)24-5-3-21(1-2-21)4-6-24/h8,10,14,26H,1-7,11-12H2. The number of likely N-dealkylation sites (tertiary alicyclic amines) is 2. The first kappa shape index (κ1) is 17.4. The molecule has 4 aliphatic rings. The molecule has 1 aromatic heterocycles. The third-order valence-corrected chi connectivity index (χ3v) is 6.69. The van der Waals surface area contributed by atoms with E-state index in [1.54, 1.807) is 17.2 Å². The van der Waals surface area contributed by atoms with Crippen molar-refractivity contribution in [2.75, 3.05) is 26.2 Å². The lowest BCUT2D eigenvalue weighted by atomic mass is 9.86. The zero-order chi connectivity index (χ0) is 19.5. The second-order valence-electron chi connectivity index (χ2n) is 8.51. The normalized spacial score (nSPS) is 23.4. The molecule has 1 amide bonds. The lowest BCUT2D eigenvalue weighted by Gasteiger charge is -2.38.